The quantitative estimate of drug-likeness (QED) is 0.0707. The molecule has 2 N–H and O–H groups in total. The van der Waals surface area contributed by atoms with E-state index in [0.29, 0.717) is 12.3 Å². The van der Waals surface area contributed by atoms with Crippen molar-refractivity contribution in [3.8, 4) is 33.4 Å². The largest absolute Gasteiger partial charge is 0.383 e. The van der Waals surface area contributed by atoms with E-state index >= 15 is 0 Å². The summed E-state index contributed by atoms with van der Waals surface area (Å²) < 4.78 is 2.61. The topological polar surface area (TPSA) is 38.4 Å². The van der Waals surface area contributed by atoms with Gasteiger partial charge in [0.1, 0.15) is 5.84 Å². The Bertz CT molecular complexity index is 3490. The van der Waals surface area contributed by atoms with E-state index in [1.54, 1.807) is 0 Å². The summed E-state index contributed by atoms with van der Waals surface area (Å²) in [5, 5.41) is 10.1. The smallest absolute Gasteiger partial charge is 0.131 e. The number of rotatable bonds is 8. The number of nitrogens with two attached hydrogens (primary N) is 1. The normalized spacial score (nSPS) is 12.3. The van der Waals surface area contributed by atoms with Gasteiger partial charge in [0.15, 0.2) is 0 Å². The maximum atomic E-state index is 6.78. The van der Waals surface area contributed by atoms with E-state index in [1.165, 1.54) is 85.9 Å². The van der Waals surface area contributed by atoms with Crippen LogP contribution in [-0.2, 0) is 6.42 Å². The van der Waals surface area contributed by atoms with E-state index in [9.17, 15) is 0 Å². The molecule has 11 rings (SSSR count). The molecule has 0 spiro atoms. The van der Waals surface area contributed by atoms with Gasteiger partial charge in [-0.3, -0.25) is 0 Å². The Morgan fingerprint density at radius 3 is 1.84 bits per heavy atom. The van der Waals surface area contributed by atoms with Gasteiger partial charge in [0.25, 0.3) is 0 Å². The number of nitrogens with zero attached hydrogens (tertiary/aromatic N) is 1. The zero-order valence-corrected chi connectivity index (χ0v) is 34.2. The van der Waals surface area contributed by atoms with Crippen molar-refractivity contribution in [2.24, 2.45) is 10.7 Å². The summed E-state index contributed by atoms with van der Waals surface area (Å²) in [4.78, 5) is 5.15. The summed E-state index contributed by atoms with van der Waals surface area (Å²) in [6.45, 7) is 0. The molecule has 0 aliphatic carbocycles. The first kappa shape index (κ1) is 36.5. The van der Waals surface area contributed by atoms with E-state index in [4.69, 9.17) is 10.7 Å². The standard InChI is InChI=1S/C58H40N2S/c59-58(43-19-5-2-6-20-43)60-52(36-33-38-15-7-9-21-45(38)44-32-34-48-47-23-13-14-26-53(47)61-54(48)37-44)40-27-29-42(30-28-40)56-50-25-12-11-24-49(50)55(41-17-3-1-4-18-41)51-35-31-39-16-8-10-22-46(39)57(51)56/h1-32,34-37H,33H2,(H2,59,60)/b52-36-. The molecule has 2 nitrogen and oxygen atoms in total. The SMILES string of the molecule is NC(=N/C(=C\Cc1ccccc1-c1ccc2c(c1)sc1ccccc12)c1ccc(-c2c3ccccc3c(-c3ccccc3)c3ccc4ccccc4c23)cc1)c1ccccc1. The van der Waals surface area contributed by atoms with Crippen LogP contribution in [-0.4, -0.2) is 5.84 Å². The molecule has 3 heteroatoms. The zero-order valence-electron chi connectivity index (χ0n) is 33.4. The molecule has 1 aromatic heterocycles. The van der Waals surface area contributed by atoms with Crippen molar-refractivity contribution in [2.45, 2.75) is 6.42 Å². The molecule has 0 atom stereocenters. The lowest BCUT2D eigenvalue weighted by Crippen LogP contribution is -2.13. The molecule has 0 bridgehead atoms. The first-order chi connectivity index (χ1) is 30.2. The number of aliphatic imine (C=N–C) groups is 1. The average molecular weight is 797 g/mol. The Balaban J connectivity index is 1.04. The third-order valence-corrected chi connectivity index (χ3v) is 13.1. The molecular formula is C58H40N2S. The Morgan fingerprint density at radius 2 is 1.03 bits per heavy atom. The minimum atomic E-state index is 0.486. The van der Waals surface area contributed by atoms with Crippen LogP contribution in [0.2, 0.25) is 0 Å². The van der Waals surface area contributed by atoms with Crippen LogP contribution in [0.5, 0.6) is 0 Å². The Hall–Kier alpha value is -7.59. The predicted octanol–water partition coefficient (Wildman–Crippen LogP) is 15.5. The molecule has 0 saturated carbocycles. The van der Waals surface area contributed by atoms with E-state index in [2.05, 4.69) is 188 Å². The second-order valence-corrected chi connectivity index (χ2v) is 16.7. The Morgan fingerprint density at radius 1 is 0.443 bits per heavy atom. The van der Waals surface area contributed by atoms with Crippen molar-refractivity contribution in [2.75, 3.05) is 0 Å². The summed E-state index contributed by atoms with van der Waals surface area (Å²) in [7, 11) is 0. The van der Waals surface area contributed by atoms with Crippen molar-refractivity contribution in [1.29, 1.82) is 0 Å². The average Bonchev–Trinajstić information content (AvgIpc) is 3.70. The van der Waals surface area contributed by atoms with Gasteiger partial charge in [0, 0.05) is 25.7 Å². The summed E-state index contributed by atoms with van der Waals surface area (Å²) in [5.74, 6) is 0.486. The summed E-state index contributed by atoms with van der Waals surface area (Å²) in [6.07, 6.45) is 2.92. The minimum absolute atomic E-state index is 0.486. The second-order valence-electron chi connectivity index (χ2n) is 15.6. The van der Waals surface area contributed by atoms with Gasteiger partial charge in [0.2, 0.25) is 0 Å². The van der Waals surface area contributed by atoms with Gasteiger partial charge in [-0.1, -0.05) is 206 Å². The van der Waals surface area contributed by atoms with Gasteiger partial charge in [-0.25, -0.2) is 4.99 Å². The van der Waals surface area contributed by atoms with Gasteiger partial charge in [-0.15, -0.1) is 11.3 Å². The van der Waals surface area contributed by atoms with Crippen LogP contribution in [0.1, 0.15) is 16.7 Å². The van der Waals surface area contributed by atoms with Crippen LogP contribution in [0.4, 0.5) is 0 Å². The fourth-order valence-corrected chi connectivity index (χ4v) is 10.2. The molecule has 11 aromatic rings. The van der Waals surface area contributed by atoms with Crippen molar-refractivity contribution < 1.29 is 0 Å². The Kier molecular flexibility index (Phi) is 9.30. The van der Waals surface area contributed by atoms with Crippen LogP contribution >= 0.6 is 11.3 Å². The molecule has 0 aliphatic heterocycles. The summed E-state index contributed by atoms with van der Waals surface area (Å²) in [6, 6.07) is 76.2. The van der Waals surface area contributed by atoms with Crippen LogP contribution in [0.15, 0.2) is 223 Å². The minimum Gasteiger partial charge on any atom is -0.383 e. The summed E-state index contributed by atoms with van der Waals surface area (Å²) in [5.41, 5.74) is 18.0. The number of fused-ring (bicyclic) bond motifs is 7. The van der Waals surface area contributed by atoms with Crippen molar-refractivity contribution >= 4 is 75.4 Å². The maximum absolute atomic E-state index is 6.78. The summed E-state index contributed by atoms with van der Waals surface area (Å²) >= 11 is 1.85. The number of hydrogen-bond donors (Lipinski definition) is 1. The maximum Gasteiger partial charge on any atom is 0.131 e. The van der Waals surface area contributed by atoms with Gasteiger partial charge in [-0.2, -0.15) is 0 Å². The monoisotopic (exact) mass is 796 g/mol. The third kappa shape index (κ3) is 6.66. The van der Waals surface area contributed by atoms with E-state index in [-0.39, 0.29) is 0 Å². The van der Waals surface area contributed by atoms with Crippen molar-refractivity contribution in [1.82, 2.24) is 0 Å². The van der Waals surface area contributed by atoms with Crippen LogP contribution in [0.3, 0.4) is 0 Å². The highest BCUT2D eigenvalue weighted by Crippen LogP contribution is 2.46. The number of thiophene rings is 1. The van der Waals surface area contributed by atoms with Crippen molar-refractivity contribution in [3.63, 3.8) is 0 Å². The van der Waals surface area contributed by atoms with Crippen LogP contribution in [0, 0.1) is 0 Å². The van der Waals surface area contributed by atoms with E-state index < -0.39 is 0 Å². The van der Waals surface area contributed by atoms with Gasteiger partial charge < -0.3 is 5.73 Å². The molecule has 0 aliphatic rings. The molecule has 61 heavy (non-hydrogen) atoms. The first-order valence-electron chi connectivity index (χ1n) is 20.8. The van der Waals surface area contributed by atoms with Gasteiger partial charge >= 0.3 is 0 Å². The highest BCUT2D eigenvalue weighted by atomic mass is 32.1. The molecule has 0 radical (unpaired) electrons. The zero-order chi connectivity index (χ0) is 40.7. The molecule has 0 amide bonds. The number of amidine groups is 1. The van der Waals surface area contributed by atoms with Gasteiger partial charge in [0.05, 0.1) is 5.70 Å². The second kappa shape index (κ2) is 15.5. The highest BCUT2D eigenvalue weighted by Gasteiger charge is 2.19. The lowest BCUT2D eigenvalue weighted by atomic mass is 9.84. The van der Waals surface area contributed by atoms with Crippen molar-refractivity contribution in [3.05, 3.63) is 235 Å². The fraction of sp³-hybridized carbons (Fsp3) is 0.0172. The number of allylic oxidation sites excluding steroid dienone is 1. The molecule has 0 fully saturated rings. The van der Waals surface area contributed by atoms with Gasteiger partial charge in [-0.05, 0) is 95.4 Å². The fourth-order valence-electron chi connectivity index (χ4n) is 9.08. The predicted molar refractivity (Wildman–Crippen MR) is 263 cm³/mol. The lowest BCUT2D eigenvalue weighted by molar-refractivity contribution is 1.26. The van der Waals surface area contributed by atoms with E-state index in [0.717, 1.165) is 22.4 Å². The van der Waals surface area contributed by atoms with Crippen LogP contribution in [0.25, 0.3) is 91.6 Å². The third-order valence-electron chi connectivity index (χ3n) is 12.0. The molecule has 0 unspecified atom stereocenters. The Labute approximate surface area is 359 Å². The lowest BCUT2D eigenvalue weighted by Gasteiger charge is -2.19. The highest BCUT2D eigenvalue weighted by molar-refractivity contribution is 7.25. The molecule has 10 aromatic carbocycles. The first-order valence-corrected chi connectivity index (χ1v) is 21.6. The molecule has 288 valence electrons. The number of hydrogen-bond acceptors (Lipinski definition) is 2. The van der Waals surface area contributed by atoms with E-state index in [1.807, 2.05) is 41.7 Å². The molecule has 1 heterocycles. The molecular weight excluding hydrogens is 757 g/mol. The van der Waals surface area contributed by atoms with Crippen LogP contribution < -0.4 is 5.73 Å². The number of benzene rings is 10. The molecule has 0 saturated heterocycles.